The topological polar surface area (TPSA) is 36.3 Å². The van der Waals surface area contributed by atoms with Crippen LogP contribution in [-0.2, 0) is 0 Å². The molecule has 0 N–H and O–H groups in total. The predicted molar refractivity (Wildman–Crippen MR) is 108 cm³/mol. The molecule has 2 aromatic rings. The van der Waals surface area contributed by atoms with E-state index in [1.54, 1.807) is 26.5 Å². The molecule has 0 atom stereocenters. The minimum absolute atomic E-state index is 0.395. The molecule has 0 aliphatic rings. The van der Waals surface area contributed by atoms with Crippen molar-refractivity contribution in [2.75, 3.05) is 14.2 Å². The first-order chi connectivity index (χ1) is 12.5. The summed E-state index contributed by atoms with van der Waals surface area (Å²) in [6.45, 7) is 3.86. The molecule has 26 heavy (non-hydrogen) atoms. The van der Waals surface area contributed by atoms with Crippen LogP contribution in [0.3, 0.4) is 0 Å². The number of terminal acetylenes is 1. The molecule has 1 heterocycles. The number of ether oxygens (including phenoxy) is 2. The maximum Gasteiger partial charge on any atom is 0.144 e. The molecule has 1 aromatic carbocycles. The van der Waals surface area contributed by atoms with E-state index in [1.165, 1.54) is 0 Å². The molecule has 0 saturated heterocycles. The number of allylic oxidation sites excluding steroid dienone is 3. The van der Waals surface area contributed by atoms with Crippen LogP contribution in [0.25, 0.3) is 11.3 Å². The second-order valence-corrected chi connectivity index (χ2v) is 6.12. The number of methoxy groups -OCH3 is 2. The highest BCUT2D eigenvalue weighted by atomic mass is 35.5. The van der Waals surface area contributed by atoms with E-state index in [9.17, 15) is 0 Å². The fraction of sp³-hybridized carbons (Fsp3) is 0.250. The van der Waals surface area contributed by atoms with Crippen LogP contribution in [0.5, 0.6) is 11.5 Å². The third kappa shape index (κ3) is 3.75. The lowest BCUT2D eigenvalue weighted by Gasteiger charge is -2.18. The highest BCUT2D eigenvalue weighted by Crippen LogP contribution is 2.45. The van der Waals surface area contributed by atoms with Gasteiger partial charge in [-0.05, 0) is 13.8 Å². The van der Waals surface area contributed by atoms with Crippen molar-refractivity contribution in [2.24, 2.45) is 0 Å². The van der Waals surface area contributed by atoms with E-state index in [1.807, 2.05) is 36.8 Å². The first-order valence-corrected chi connectivity index (χ1v) is 8.66. The maximum absolute atomic E-state index is 6.57. The lowest BCUT2D eigenvalue weighted by Crippen LogP contribution is -2.03. The Kier molecular flexibility index (Phi) is 6.79. The van der Waals surface area contributed by atoms with Crippen LogP contribution >= 0.6 is 23.2 Å². The molecule has 1 aromatic heterocycles. The summed E-state index contributed by atoms with van der Waals surface area (Å²) in [6.07, 6.45) is 13.3. The van der Waals surface area contributed by atoms with Crippen molar-refractivity contribution >= 4 is 34.5 Å². The number of rotatable bonds is 6. The van der Waals surface area contributed by atoms with Crippen LogP contribution in [0.4, 0.5) is 0 Å². The summed E-state index contributed by atoms with van der Waals surface area (Å²) in [7, 11) is 3.09. The van der Waals surface area contributed by atoms with E-state index < -0.39 is 0 Å². The first-order valence-electron chi connectivity index (χ1n) is 7.91. The van der Waals surface area contributed by atoms with Crippen molar-refractivity contribution in [2.45, 2.75) is 20.3 Å². The number of aromatic nitrogens is 2. The van der Waals surface area contributed by atoms with Crippen LogP contribution in [-0.4, -0.2) is 23.8 Å². The van der Waals surface area contributed by atoms with Crippen LogP contribution in [0, 0.1) is 12.3 Å². The van der Waals surface area contributed by atoms with Crippen molar-refractivity contribution in [1.82, 2.24) is 9.55 Å². The number of benzene rings is 1. The fourth-order valence-corrected chi connectivity index (χ4v) is 3.30. The summed E-state index contributed by atoms with van der Waals surface area (Å²) in [5.74, 6) is 4.24. The minimum atomic E-state index is 0.395. The second kappa shape index (κ2) is 8.84. The van der Waals surface area contributed by atoms with Crippen LogP contribution in [0.15, 0.2) is 30.6 Å². The van der Waals surface area contributed by atoms with Gasteiger partial charge in [0.15, 0.2) is 0 Å². The number of nitrogens with zero attached hydrogens (tertiary/aromatic N) is 2. The molecule has 0 fully saturated rings. The standard InChI is InChI=1S/C20H20Cl2N2O2/c1-6-8-9-13(3)24-11-10-23-20(24)14(7-2)17-18(21)15(25-4)12-16(26-5)19(17)22/h1,7,9-12H,8H2,2-5H3/b13-9+,14-7-. The third-order valence-electron chi connectivity index (χ3n) is 3.91. The molecule has 0 spiro atoms. The zero-order valence-electron chi connectivity index (χ0n) is 15.1. The van der Waals surface area contributed by atoms with E-state index in [-0.39, 0.29) is 0 Å². The van der Waals surface area contributed by atoms with Crippen molar-refractivity contribution < 1.29 is 9.47 Å². The molecule has 0 unspecified atom stereocenters. The highest BCUT2D eigenvalue weighted by Gasteiger charge is 2.23. The molecule has 4 nitrogen and oxygen atoms in total. The monoisotopic (exact) mass is 390 g/mol. The van der Waals surface area contributed by atoms with E-state index in [2.05, 4.69) is 10.9 Å². The van der Waals surface area contributed by atoms with Gasteiger partial charge in [-0.25, -0.2) is 4.98 Å². The third-order valence-corrected chi connectivity index (χ3v) is 4.66. The Morgan fingerprint density at radius 2 is 1.88 bits per heavy atom. The maximum atomic E-state index is 6.57. The molecule has 0 amide bonds. The number of hydrogen-bond acceptors (Lipinski definition) is 3. The summed E-state index contributed by atoms with van der Waals surface area (Å²) in [4.78, 5) is 4.49. The Hall–Kier alpha value is -2.35. The second-order valence-electron chi connectivity index (χ2n) is 5.36. The molecule has 0 bridgehead atoms. The van der Waals surface area contributed by atoms with E-state index in [0.29, 0.717) is 39.4 Å². The smallest absolute Gasteiger partial charge is 0.144 e. The van der Waals surface area contributed by atoms with Crippen molar-refractivity contribution in [3.63, 3.8) is 0 Å². The van der Waals surface area contributed by atoms with Crippen LogP contribution < -0.4 is 9.47 Å². The average Bonchev–Trinajstić information content (AvgIpc) is 3.12. The molecule has 0 radical (unpaired) electrons. The van der Waals surface area contributed by atoms with E-state index in [4.69, 9.17) is 39.1 Å². The lowest BCUT2D eigenvalue weighted by molar-refractivity contribution is 0.394. The molecular weight excluding hydrogens is 371 g/mol. The predicted octanol–water partition coefficient (Wildman–Crippen LogP) is 5.54. The average molecular weight is 391 g/mol. The summed E-state index contributed by atoms with van der Waals surface area (Å²) in [6, 6.07) is 1.66. The van der Waals surface area contributed by atoms with Gasteiger partial charge in [-0.2, -0.15) is 0 Å². The molecule has 2 rings (SSSR count). The normalized spacial score (nSPS) is 12.0. The Morgan fingerprint density at radius 1 is 1.27 bits per heavy atom. The molecule has 0 saturated carbocycles. The van der Waals surface area contributed by atoms with Crippen molar-refractivity contribution in [1.29, 1.82) is 0 Å². The molecule has 6 heteroatoms. The summed E-state index contributed by atoms with van der Waals surface area (Å²) >= 11 is 13.1. The van der Waals surface area contributed by atoms with Crippen LogP contribution in [0.1, 0.15) is 31.7 Å². The van der Waals surface area contributed by atoms with Gasteiger partial charge < -0.3 is 14.0 Å². The molecule has 0 aliphatic carbocycles. The van der Waals surface area contributed by atoms with Gasteiger partial charge in [-0.1, -0.05) is 35.4 Å². The van der Waals surface area contributed by atoms with E-state index in [0.717, 1.165) is 11.3 Å². The Balaban J connectivity index is 2.70. The SMILES string of the molecule is C#CC/C=C(\C)n1ccnc1/C(=C\C)c1c(Cl)c(OC)cc(OC)c1Cl. The number of imidazole rings is 1. The summed E-state index contributed by atoms with van der Waals surface area (Å²) in [5.41, 5.74) is 2.32. The number of hydrogen-bond donors (Lipinski definition) is 0. The van der Waals surface area contributed by atoms with Crippen molar-refractivity contribution in [3.05, 3.63) is 52.0 Å². The quantitative estimate of drug-likeness (QED) is 0.607. The van der Waals surface area contributed by atoms with Gasteiger partial charge in [0.25, 0.3) is 0 Å². The zero-order chi connectivity index (χ0) is 19.3. The molecule has 0 aliphatic heterocycles. The molecule has 136 valence electrons. The Morgan fingerprint density at radius 3 is 2.38 bits per heavy atom. The molecular formula is C20H20Cl2N2O2. The van der Waals surface area contributed by atoms with Crippen molar-refractivity contribution in [3.8, 4) is 23.8 Å². The first kappa shape index (κ1) is 20.0. The Bertz CT molecular complexity index is 877. The van der Waals surface area contributed by atoms with Gasteiger partial charge in [-0.3, -0.25) is 0 Å². The summed E-state index contributed by atoms with van der Waals surface area (Å²) < 4.78 is 12.7. The van der Waals surface area contributed by atoms with Gasteiger partial charge in [-0.15, -0.1) is 12.3 Å². The van der Waals surface area contributed by atoms with Gasteiger partial charge in [0, 0.05) is 41.7 Å². The summed E-state index contributed by atoms with van der Waals surface area (Å²) in [5, 5.41) is 0.789. The van der Waals surface area contributed by atoms with Crippen LogP contribution in [0.2, 0.25) is 10.0 Å². The largest absolute Gasteiger partial charge is 0.495 e. The Labute approximate surface area is 164 Å². The van der Waals surface area contributed by atoms with Gasteiger partial charge in [0.2, 0.25) is 0 Å². The minimum Gasteiger partial charge on any atom is -0.495 e. The fourth-order valence-electron chi connectivity index (χ4n) is 2.60. The zero-order valence-corrected chi connectivity index (χ0v) is 16.6. The highest BCUT2D eigenvalue weighted by molar-refractivity contribution is 6.39. The van der Waals surface area contributed by atoms with Gasteiger partial charge >= 0.3 is 0 Å². The van der Waals surface area contributed by atoms with Gasteiger partial charge in [0.1, 0.15) is 17.3 Å². The van der Waals surface area contributed by atoms with Gasteiger partial charge in [0.05, 0.1) is 24.3 Å². The lowest BCUT2D eigenvalue weighted by atomic mass is 10.0. The number of halogens is 2. The van der Waals surface area contributed by atoms with E-state index >= 15 is 0 Å².